The van der Waals surface area contributed by atoms with Crippen molar-refractivity contribution in [1.29, 1.82) is 0 Å². The minimum absolute atomic E-state index is 0.0413. The van der Waals surface area contributed by atoms with Crippen molar-refractivity contribution in [1.82, 2.24) is 9.55 Å². The van der Waals surface area contributed by atoms with Crippen LogP contribution in [0, 0.1) is 13.8 Å². The fourth-order valence-electron chi connectivity index (χ4n) is 2.89. The second-order valence-electron chi connectivity index (χ2n) is 5.21. The number of para-hydroxylation sites is 1. The summed E-state index contributed by atoms with van der Waals surface area (Å²) in [6.07, 6.45) is 0. The first-order chi connectivity index (χ1) is 10.0. The third kappa shape index (κ3) is 2.05. The van der Waals surface area contributed by atoms with Crippen LogP contribution in [0.3, 0.4) is 0 Å². The van der Waals surface area contributed by atoms with E-state index in [4.69, 9.17) is 14.9 Å². The van der Waals surface area contributed by atoms with Crippen LogP contribution in [-0.4, -0.2) is 16.7 Å². The van der Waals surface area contributed by atoms with Crippen molar-refractivity contribution in [3.8, 4) is 5.75 Å². The van der Waals surface area contributed by atoms with Crippen molar-refractivity contribution >= 4 is 17.0 Å². The summed E-state index contributed by atoms with van der Waals surface area (Å²) < 4.78 is 13.0. The molecule has 2 heterocycles. The largest absolute Gasteiger partial charge is 0.494 e. The summed E-state index contributed by atoms with van der Waals surface area (Å²) >= 11 is 0. The van der Waals surface area contributed by atoms with E-state index in [0.717, 1.165) is 33.9 Å². The molecule has 0 aliphatic carbocycles. The summed E-state index contributed by atoms with van der Waals surface area (Å²) in [6.45, 7) is 6.00. The first-order valence-corrected chi connectivity index (χ1v) is 6.90. The van der Waals surface area contributed by atoms with Crippen molar-refractivity contribution in [2.45, 2.75) is 26.8 Å². The first kappa shape index (κ1) is 13.5. The van der Waals surface area contributed by atoms with Gasteiger partial charge in [0, 0.05) is 5.56 Å². The van der Waals surface area contributed by atoms with Gasteiger partial charge < -0.3 is 19.5 Å². The molecule has 0 amide bonds. The van der Waals surface area contributed by atoms with Gasteiger partial charge in [0.2, 0.25) is 5.95 Å². The number of anilines is 1. The number of rotatable bonds is 3. The molecule has 1 atom stereocenters. The van der Waals surface area contributed by atoms with E-state index in [9.17, 15) is 0 Å². The molecule has 0 aliphatic heterocycles. The fourth-order valence-corrected chi connectivity index (χ4v) is 2.89. The lowest BCUT2D eigenvalue weighted by Gasteiger charge is -2.15. The van der Waals surface area contributed by atoms with Crippen LogP contribution in [0.5, 0.6) is 5.75 Å². The number of nitrogens with zero attached hydrogens (tertiary/aromatic N) is 2. The molecule has 0 fully saturated rings. The standard InChI is InChI=1S/C16H19N3O2/c1-9-8-12(11(3)21-9)10(2)19-13-6-5-7-14(20-4)15(13)18-16(19)17/h5-8,10H,1-4H3,(H2,17,18). The van der Waals surface area contributed by atoms with Crippen LogP contribution in [0.15, 0.2) is 28.7 Å². The van der Waals surface area contributed by atoms with E-state index in [2.05, 4.69) is 11.9 Å². The predicted octanol–water partition coefficient (Wildman–Crippen LogP) is 3.45. The molecule has 110 valence electrons. The summed E-state index contributed by atoms with van der Waals surface area (Å²) in [7, 11) is 1.64. The Labute approximate surface area is 123 Å². The van der Waals surface area contributed by atoms with Crippen molar-refractivity contribution in [3.05, 3.63) is 41.3 Å². The van der Waals surface area contributed by atoms with Crippen molar-refractivity contribution in [2.75, 3.05) is 12.8 Å². The first-order valence-electron chi connectivity index (χ1n) is 6.90. The third-order valence-electron chi connectivity index (χ3n) is 3.85. The number of nitrogens with two attached hydrogens (primary N) is 1. The van der Waals surface area contributed by atoms with Crippen molar-refractivity contribution in [2.24, 2.45) is 0 Å². The minimum atomic E-state index is 0.0413. The maximum absolute atomic E-state index is 6.14. The number of aryl methyl sites for hydroxylation is 2. The Bertz CT molecular complexity index is 801. The van der Waals surface area contributed by atoms with Crippen LogP contribution in [0.2, 0.25) is 0 Å². The predicted molar refractivity (Wildman–Crippen MR) is 82.7 cm³/mol. The van der Waals surface area contributed by atoms with Gasteiger partial charge in [-0.05, 0) is 39.0 Å². The van der Waals surface area contributed by atoms with Gasteiger partial charge in [0.25, 0.3) is 0 Å². The SMILES string of the molecule is COc1cccc2c1nc(N)n2C(C)c1cc(C)oc1C. The summed E-state index contributed by atoms with van der Waals surface area (Å²) in [4.78, 5) is 4.45. The highest BCUT2D eigenvalue weighted by Crippen LogP contribution is 2.33. The van der Waals surface area contributed by atoms with Crippen LogP contribution in [0.4, 0.5) is 5.95 Å². The second kappa shape index (κ2) is 4.84. The Morgan fingerprint density at radius 2 is 2.10 bits per heavy atom. The van der Waals surface area contributed by atoms with Gasteiger partial charge in [-0.15, -0.1) is 0 Å². The van der Waals surface area contributed by atoms with E-state index in [1.807, 2.05) is 42.7 Å². The van der Waals surface area contributed by atoms with Gasteiger partial charge in [-0.3, -0.25) is 0 Å². The molecular formula is C16H19N3O2. The lowest BCUT2D eigenvalue weighted by atomic mass is 10.1. The molecule has 0 bridgehead atoms. The molecule has 0 aliphatic rings. The van der Waals surface area contributed by atoms with Crippen molar-refractivity contribution < 1.29 is 9.15 Å². The van der Waals surface area contributed by atoms with Gasteiger partial charge >= 0.3 is 0 Å². The van der Waals surface area contributed by atoms with Gasteiger partial charge in [-0.2, -0.15) is 0 Å². The molecule has 0 saturated heterocycles. The second-order valence-corrected chi connectivity index (χ2v) is 5.21. The molecule has 0 spiro atoms. The maximum Gasteiger partial charge on any atom is 0.201 e. The van der Waals surface area contributed by atoms with Crippen LogP contribution in [-0.2, 0) is 0 Å². The van der Waals surface area contributed by atoms with Gasteiger partial charge in [-0.25, -0.2) is 4.98 Å². The normalized spacial score (nSPS) is 12.8. The van der Waals surface area contributed by atoms with E-state index in [1.54, 1.807) is 7.11 Å². The zero-order valence-corrected chi connectivity index (χ0v) is 12.7. The molecule has 3 rings (SSSR count). The molecule has 0 radical (unpaired) electrons. The molecule has 2 N–H and O–H groups in total. The smallest absolute Gasteiger partial charge is 0.201 e. The Kier molecular flexibility index (Phi) is 3.12. The van der Waals surface area contributed by atoms with Gasteiger partial charge in [-0.1, -0.05) is 6.07 Å². The number of benzene rings is 1. The number of methoxy groups -OCH3 is 1. The highest BCUT2D eigenvalue weighted by molar-refractivity contribution is 5.84. The lowest BCUT2D eigenvalue weighted by Crippen LogP contribution is -2.10. The topological polar surface area (TPSA) is 66.2 Å². The molecular weight excluding hydrogens is 266 g/mol. The molecule has 2 aromatic heterocycles. The zero-order valence-electron chi connectivity index (χ0n) is 12.7. The minimum Gasteiger partial charge on any atom is -0.494 e. The van der Waals surface area contributed by atoms with Crippen LogP contribution in [0.1, 0.15) is 30.0 Å². The van der Waals surface area contributed by atoms with Crippen LogP contribution >= 0.6 is 0 Å². The third-order valence-corrected chi connectivity index (χ3v) is 3.85. The van der Waals surface area contributed by atoms with Gasteiger partial charge in [0.15, 0.2) is 0 Å². The van der Waals surface area contributed by atoms with E-state index < -0.39 is 0 Å². The number of aromatic nitrogens is 2. The van der Waals surface area contributed by atoms with E-state index in [-0.39, 0.29) is 6.04 Å². The molecule has 5 nitrogen and oxygen atoms in total. The van der Waals surface area contributed by atoms with E-state index >= 15 is 0 Å². The Balaban J connectivity index is 2.20. The number of hydrogen-bond acceptors (Lipinski definition) is 4. The Morgan fingerprint density at radius 1 is 1.33 bits per heavy atom. The highest BCUT2D eigenvalue weighted by Gasteiger charge is 2.20. The maximum atomic E-state index is 6.14. The van der Waals surface area contributed by atoms with Crippen LogP contribution in [0.25, 0.3) is 11.0 Å². The summed E-state index contributed by atoms with van der Waals surface area (Å²) in [5, 5.41) is 0. The quantitative estimate of drug-likeness (QED) is 0.800. The average Bonchev–Trinajstić information content (AvgIpc) is 2.96. The van der Waals surface area contributed by atoms with Gasteiger partial charge in [0.05, 0.1) is 18.7 Å². The summed E-state index contributed by atoms with van der Waals surface area (Å²) in [5.41, 5.74) is 8.99. The zero-order chi connectivity index (χ0) is 15.1. The molecule has 5 heteroatoms. The number of fused-ring (bicyclic) bond motifs is 1. The number of imidazole rings is 1. The highest BCUT2D eigenvalue weighted by atomic mass is 16.5. The van der Waals surface area contributed by atoms with Crippen molar-refractivity contribution in [3.63, 3.8) is 0 Å². The monoisotopic (exact) mass is 285 g/mol. The lowest BCUT2D eigenvalue weighted by molar-refractivity contribution is 0.419. The Hall–Kier alpha value is -2.43. The number of ether oxygens (including phenoxy) is 1. The Morgan fingerprint density at radius 3 is 2.71 bits per heavy atom. The molecule has 0 saturated carbocycles. The average molecular weight is 285 g/mol. The molecule has 1 aromatic carbocycles. The van der Waals surface area contributed by atoms with E-state index in [1.165, 1.54) is 0 Å². The number of nitrogen functional groups attached to an aromatic ring is 1. The van der Waals surface area contributed by atoms with E-state index in [0.29, 0.717) is 5.95 Å². The van der Waals surface area contributed by atoms with Crippen LogP contribution < -0.4 is 10.5 Å². The van der Waals surface area contributed by atoms with Gasteiger partial charge in [0.1, 0.15) is 22.8 Å². The molecule has 21 heavy (non-hydrogen) atoms. The summed E-state index contributed by atoms with van der Waals surface area (Å²) in [5.74, 6) is 3.00. The number of hydrogen-bond donors (Lipinski definition) is 1. The summed E-state index contributed by atoms with van der Waals surface area (Å²) in [6, 6.07) is 7.92. The fraction of sp³-hybridized carbons (Fsp3) is 0.312. The molecule has 3 aromatic rings. The molecule has 1 unspecified atom stereocenters. The number of furan rings is 1.